The minimum atomic E-state index is -0.0270. The van der Waals surface area contributed by atoms with E-state index in [4.69, 9.17) is 9.47 Å². The molecule has 5 aliphatic rings. The van der Waals surface area contributed by atoms with Crippen LogP contribution in [0, 0.1) is 17.8 Å². The Hall–Kier alpha value is -2.57. The van der Waals surface area contributed by atoms with Crippen LogP contribution in [-0.4, -0.2) is 67.8 Å². The van der Waals surface area contributed by atoms with Crippen LogP contribution in [-0.2, 0) is 6.42 Å². The number of benzene rings is 2. The van der Waals surface area contributed by atoms with Crippen LogP contribution in [0.1, 0.15) is 41.6 Å². The third-order valence-corrected chi connectivity index (χ3v) is 8.71. The number of ether oxygens (including phenoxy) is 2. The van der Waals surface area contributed by atoms with E-state index in [0.717, 1.165) is 24.3 Å². The molecule has 0 aromatic heterocycles. The Labute approximate surface area is 208 Å². The third-order valence-electron chi connectivity index (χ3n) is 8.71. The van der Waals surface area contributed by atoms with E-state index in [-0.39, 0.29) is 12.7 Å². The van der Waals surface area contributed by atoms with Gasteiger partial charge in [0.15, 0.2) is 11.5 Å². The van der Waals surface area contributed by atoms with Gasteiger partial charge < -0.3 is 19.7 Å². The normalized spacial score (nSPS) is 28.2. The zero-order valence-electron chi connectivity index (χ0n) is 20.5. The van der Waals surface area contributed by atoms with Crippen molar-refractivity contribution in [1.29, 1.82) is 0 Å². The zero-order valence-corrected chi connectivity index (χ0v) is 20.5. The fourth-order valence-corrected chi connectivity index (χ4v) is 6.67. The summed E-state index contributed by atoms with van der Waals surface area (Å²) in [5, 5.41) is 3.18. The smallest absolute Gasteiger partial charge is 0.251 e. The van der Waals surface area contributed by atoms with Gasteiger partial charge in [0, 0.05) is 31.2 Å². The lowest BCUT2D eigenvalue weighted by molar-refractivity contribution is -0.0151. The summed E-state index contributed by atoms with van der Waals surface area (Å²) in [6.45, 7) is 7.04. The molecule has 2 aromatic carbocycles. The molecule has 186 valence electrons. The monoisotopic (exact) mass is 475 g/mol. The molecule has 0 radical (unpaired) electrons. The van der Waals surface area contributed by atoms with Gasteiger partial charge in [0.2, 0.25) is 6.79 Å². The van der Waals surface area contributed by atoms with Crippen molar-refractivity contribution in [1.82, 2.24) is 15.1 Å². The van der Waals surface area contributed by atoms with Gasteiger partial charge >= 0.3 is 0 Å². The molecule has 6 heteroatoms. The molecule has 1 N–H and O–H groups in total. The molecule has 0 saturated carbocycles. The molecule has 0 aliphatic carbocycles. The minimum Gasteiger partial charge on any atom is -0.454 e. The maximum absolute atomic E-state index is 12.7. The lowest BCUT2D eigenvalue weighted by Crippen LogP contribution is -2.58. The van der Waals surface area contributed by atoms with Gasteiger partial charge in [0.1, 0.15) is 0 Å². The van der Waals surface area contributed by atoms with Crippen LogP contribution in [0.5, 0.6) is 11.5 Å². The predicted octanol–water partition coefficient (Wildman–Crippen LogP) is 3.81. The molecule has 2 bridgehead atoms. The summed E-state index contributed by atoms with van der Waals surface area (Å²) in [5.74, 6) is 3.73. The molecular formula is C29H37N3O3. The summed E-state index contributed by atoms with van der Waals surface area (Å²) >= 11 is 0. The Kier molecular flexibility index (Phi) is 6.66. The number of nitrogens with one attached hydrogen (secondary N) is 1. The lowest BCUT2D eigenvalue weighted by Gasteiger charge is -2.51. The maximum Gasteiger partial charge on any atom is 0.251 e. The largest absolute Gasteiger partial charge is 0.454 e. The SMILES string of the molecule is O=C(NC[C@H]1C[C@@H]2CCN1C[C@H]2CN1CCC(Cc2ccccc2)CC1)c1ccc2c(c1)OCO2. The van der Waals surface area contributed by atoms with Crippen LogP contribution in [0.3, 0.4) is 0 Å². The molecule has 4 fully saturated rings. The van der Waals surface area contributed by atoms with Crippen LogP contribution in [0.25, 0.3) is 0 Å². The van der Waals surface area contributed by atoms with Crippen LogP contribution in [0.15, 0.2) is 48.5 Å². The van der Waals surface area contributed by atoms with Crippen molar-refractivity contribution in [3.63, 3.8) is 0 Å². The maximum atomic E-state index is 12.7. The second kappa shape index (κ2) is 10.2. The van der Waals surface area contributed by atoms with Crippen molar-refractivity contribution in [2.24, 2.45) is 17.8 Å². The highest BCUT2D eigenvalue weighted by Crippen LogP contribution is 2.37. The summed E-state index contributed by atoms with van der Waals surface area (Å²) < 4.78 is 10.8. The van der Waals surface area contributed by atoms with E-state index in [1.54, 1.807) is 6.07 Å². The number of hydrogen-bond donors (Lipinski definition) is 1. The van der Waals surface area contributed by atoms with Crippen molar-refractivity contribution < 1.29 is 14.3 Å². The Morgan fingerprint density at radius 2 is 1.80 bits per heavy atom. The Morgan fingerprint density at radius 3 is 2.60 bits per heavy atom. The van der Waals surface area contributed by atoms with Gasteiger partial charge in [-0.3, -0.25) is 9.69 Å². The lowest BCUT2D eigenvalue weighted by atomic mass is 9.75. The molecule has 1 amide bonds. The summed E-state index contributed by atoms with van der Waals surface area (Å²) in [7, 11) is 0. The zero-order chi connectivity index (χ0) is 23.6. The van der Waals surface area contributed by atoms with Crippen molar-refractivity contribution in [2.75, 3.05) is 46.1 Å². The Morgan fingerprint density at radius 1 is 0.971 bits per heavy atom. The van der Waals surface area contributed by atoms with E-state index in [2.05, 4.69) is 45.4 Å². The topological polar surface area (TPSA) is 54.0 Å². The summed E-state index contributed by atoms with van der Waals surface area (Å²) in [6.07, 6.45) is 6.39. The van der Waals surface area contributed by atoms with E-state index >= 15 is 0 Å². The highest BCUT2D eigenvalue weighted by Gasteiger charge is 2.40. The molecular weight excluding hydrogens is 438 g/mol. The average molecular weight is 476 g/mol. The second-order valence-corrected chi connectivity index (χ2v) is 10.9. The van der Waals surface area contributed by atoms with Gasteiger partial charge in [0.05, 0.1) is 0 Å². The molecule has 4 saturated heterocycles. The standard InChI is InChI=1S/C29H37N3O3/c33-29(24-6-7-27-28(16-24)35-20-34-27)30-17-26-15-23-10-13-32(26)19-25(23)18-31-11-8-22(9-12-31)14-21-4-2-1-3-5-21/h1-7,16,22-23,25-26H,8-15,17-20H2,(H,30,33)/t23-,25+,26+/m0/s1. The van der Waals surface area contributed by atoms with Gasteiger partial charge in [-0.25, -0.2) is 0 Å². The molecule has 5 heterocycles. The van der Waals surface area contributed by atoms with Crippen LogP contribution < -0.4 is 14.8 Å². The first-order valence-electron chi connectivity index (χ1n) is 13.4. The van der Waals surface area contributed by atoms with Crippen molar-refractivity contribution in [3.8, 4) is 11.5 Å². The number of rotatable bonds is 7. The van der Waals surface area contributed by atoms with E-state index < -0.39 is 0 Å². The summed E-state index contributed by atoms with van der Waals surface area (Å²) in [5.41, 5.74) is 2.12. The Balaban J connectivity index is 0.956. The van der Waals surface area contributed by atoms with Gasteiger partial charge in [-0.05, 0) is 93.3 Å². The number of likely N-dealkylation sites (tertiary alicyclic amines) is 1. The van der Waals surface area contributed by atoms with E-state index in [1.807, 2.05) is 12.1 Å². The molecule has 1 unspecified atom stereocenters. The third kappa shape index (κ3) is 5.19. The number of piperidine rings is 4. The first kappa shape index (κ1) is 22.9. The number of amides is 1. The fourth-order valence-electron chi connectivity index (χ4n) is 6.67. The average Bonchev–Trinajstić information content (AvgIpc) is 3.38. The molecule has 2 aromatic rings. The van der Waals surface area contributed by atoms with E-state index in [1.165, 1.54) is 70.4 Å². The molecule has 6 nitrogen and oxygen atoms in total. The molecule has 4 atom stereocenters. The van der Waals surface area contributed by atoms with Crippen LogP contribution in [0.4, 0.5) is 0 Å². The van der Waals surface area contributed by atoms with Gasteiger partial charge in [0.25, 0.3) is 5.91 Å². The first-order valence-corrected chi connectivity index (χ1v) is 13.4. The quantitative estimate of drug-likeness (QED) is 0.660. The number of hydrogen-bond acceptors (Lipinski definition) is 5. The second-order valence-electron chi connectivity index (χ2n) is 10.9. The molecule has 5 aliphatic heterocycles. The highest BCUT2D eigenvalue weighted by atomic mass is 16.7. The van der Waals surface area contributed by atoms with Crippen molar-refractivity contribution in [2.45, 2.75) is 38.1 Å². The van der Waals surface area contributed by atoms with E-state index in [9.17, 15) is 4.79 Å². The van der Waals surface area contributed by atoms with Crippen LogP contribution >= 0.6 is 0 Å². The number of nitrogens with zero attached hydrogens (tertiary/aromatic N) is 2. The number of fused-ring (bicyclic) bond motifs is 4. The van der Waals surface area contributed by atoms with E-state index in [0.29, 0.717) is 23.1 Å². The summed E-state index contributed by atoms with van der Waals surface area (Å²) in [4.78, 5) is 18.1. The van der Waals surface area contributed by atoms with Crippen LogP contribution in [0.2, 0.25) is 0 Å². The number of carbonyl (C=O) groups is 1. The first-order chi connectivity index (χ1) is 17.2. The van der Waals surface area contributed by atoms with Gasteiger partial charge in [-0.15, -0.1) is 0 Å². The van der Waals surface area contributed by atoms with Crippen molar-refractivity contribution in [3.05, 3.63) is 59.7 Å². The number of carbonyl (C=O) groups excluding carboxylic acids is 1. The highest BCUT2D eigenvalue weighted by molar-refractivity contribution is 5.94. The fraction of sp³-hybridized carbons (Fsp3) is 0.552. The molecule has 0 spiro atoms. The van der Waals surface area contributed by atoms with Crippen molar-refractivity contribution >= 4 is 5.91 Å². The summed E-state index contributed by atoms with van der Waals surface area (Å²) in [6, 6.07) is 16.8. The Bertz CT molecular complexity index is 1020. The molecule has 7 rings (SSSR count). The van der Waals surface area contributed by atoms with Gasteiger partial charge in [-0.1, -0.05) is 30.3 Å². The molecule has 35 heavy (non-hydrogen) atoms. The predicted molar refractivity (Wildman–Crippen MR) is 136 cm³/mol. The minimum absolute atomic E-state index is 0.0270. The van der Waals surface area contributed by atoms with Gasteiger partial charge in [-0.2, -0.15) is 0 Å².